The summed E-state index contributed by atoms with van der Waals surface area (Å²) < 4.78 is 0. The molecule has 0 heterocycles. The molecular formula is C15H16N2O5. The molecule has 0 saturated carbocycles. The van der Waals surface area contributed by atoms with E-state index in [9.17, 15) is 9.59 Å². The SMILES string of the molecule is Cc1cccc(NC(=O)O)c1.O=C(O)Nc1ccccc1O. The minimum atomic E-state index is -1.19. The van der Waals surface area contributed by atoms with Gasteiger partial charge in [0, 0.05) is 5.69 Å². The maximum atomic E-state index is 10.2. The van der Waals surface area contributed by atoms with Crippen LogP contribution in [0.15, 0.2) is 48.5 Å². The predicted molar refractivity (Wildman–Crippen MR) is 82.6 cm³/mol. The molecule has 0 bridgehead atoms. The molecule has 0 aliphatic heterocycles. The Morgan fingerprint density at radius 1 is 0.909 bits per heavy atom. The van der Waals surface area contributed by atoms with Crippen molar-refractivity contribution >= 4 is 23.6 Å². The molecule has 0 aliphatic carbocycles. The summed E-state index contributed by atoms with van der Waals surface area (Å²) in [5.74, 6) is -0.0742. The van der Waals surface area contributed by atoms with Crippen LogP contribution in [0.4, 0.5) is 21.0 Å². The summed E-state index contributed by atoms with van der Waals surface area (Å²) >= 11 is 0. The average Bonchev–Trinajstić information content (AvgIpc) is 2.41. The molecule has 0 fully saturated rings. The van der Waals surface area contributed by atoms with Gasteiger partial charge in [-0.05, 0) is 36.8 Å². The predicted octanol–water partition coefficient (Wildman–Crippen LogP) is 3.57. The van der Waals surface area contributed by atoms with E-state index in [-0.39, 0.29) is 11.4 Å². The Morgan fingerprint density at radius 2 is 1.55 bits per heavy atom. The zero-order chi connectivity index (χ0) is 16.5. The van der Waals surface area contributed by atoms with Crippen LogP contribution in [-0.2, 0) is 0 Å². The van der Waals surface area contributed by atoms with E-state index in [1.807, 2.05) is 18.3 Å². The van der Waals surface area contributed by atoms with E-state index in [0.29, 0.717) is 5.69 Å². The van der Waals surface area contributed by atoms with E-state index in [1.54, 1.807) is 30.3 Å². The zero-order valence-corrected chi connectivity index (χ0v) is 11.8. The van der Waals surface area contributed by atoms with Crippen molar-refractivity contribution in [2.45, 2.75) is 6.92 Å². The fourth-order valence-corrected chi connectivity index (χ4v) is 1.54. The number of carbonyl (C=O) groups is 2. The van der Waals surface area contributed by atoms with Crippen molar-refractivity contribution in [3.63, 3.8) is 0 Å². The number of nitrogens with one attached hydrogen (secondary N) is 2. The normalized spacial score (nSPS) is 9.14. The number of carboxylic acid groups (broad SMARTS) is 2. The smallest absolute Gasteiger partial charge is 0.409 e. The molecule has 0 aromatic heterocycles. The van der Waals surface area contributed by atoms with Crippen LogP contribution >= 0.6 is 0 Å². The topological polar surface area (TPSA) is 119 Å². The highest BCUT2D eigenvalue weighted by atomic mass is 16.4. The Labute approximate surface area is 126 Å². The molecule has 0 radical (unpaired) electrons. The largest absolute Gasteiger partial charge is 0.506 e. The maximum absolute atomic E-state index is 10.2. The number of rotatable bonds is 2. The van der Waals surface area contributed by atoms with Gasteiger partial charge in [0.1, 0.15) is 5.75 Å². The lowest BCUT2D eigenvalue weighted by Crippen LogP contribution is -2.06. The molecule has 116 valence electrons. The van der Waals surface area contributed by atoms with Crippen molar-refractivity contribution in [3.8, 4) is 5.75 Å². The third kappa shape index (κ3) is 6.29. The molecule has 2 rings (SSSR count). The van der Waals surface area contributed by atoms with E-state index in [2.05, 4.69) is 5.32 Å². The van der Waals surface area contributed by atoms with E-state index < -0.39 is 12.2 Å². The summed E-state index contributed by atoms with van der Waals surface area (Å²) in [7, 11) is 0. The monoisotopic (exact) mass is 304 g/mol. The Morgan fingerprint density at radius 3 is 2.09 bits per heavy atom. The van der Waals surface area contributed by atoms with Crippen molar-refractivity contribution in [1.29, 1.82) is 0 Å². The van der Waals surface area contributed by atoms with E-state index >= 15 is 0 Å². The van der Waals surface area contributed by atoms with Crippen molar-refractivity contribution in [3.05, 3.63) is 54.1 Å². The number of aromatic hydroxyl groups is 1. The van der Waals surface area contributed by atoms with Crippen LogP contribution in [0.25, 0.3) is 0 Å². The second-order valence-corrected chi connectivity index (χ2v) is 4.25. The molecule has 0 unspecified atom stereocenters. The standard InChI is InChI=1S/C8H9NO2.C7H7NO3/c1-6-3-2-4-7(5-6)9-8(10)11;9-6-4-2-1-3-5(6)8-7(10)11/h2-5,9H,1H3,(H,10,11);1-4,8-9H,(H,10,11). The van der Waals surface area contributed by atoms with Crippen molar-refractivity contribution in [1.82, 2.24) is 0 Å². The van der Waals surface area contributed by atoms with Crippen LogP contribution in [0.2, 0.25) is 0 Å². The minimum Gasteiger partial charge on any atom is -0.506 e. The first-order valence-electron chi connectivity index (χ1n) is 6.23. The number of hydrogen-bond donors (Lipinski definition) is 5. The second kappa shape index (κ2) is 8.15. The Bertz CT molecular complexity index is 658. The van der Waals surface area contributed by atoms with Gasteiger partial charge in [-0.3, -0.25) is 10.6 Å². The Balaban J connectivity index is 0.000000220. The molecule has 0 atom stereocenters. The Hall–Kier alpha value is -3.22. The molecule has 2 amide bonds. The van der Waals surface area contributed by atoms with Crippen LogP contribution < -0.4 is 10.6 Å². The minimum absolute atomic E-state index is 0.0742. The van der Waals surface area contributed by atoms with E-state index in [1.165, 1.54) is 12.1 Å². The summed E-state index contributed by atoms with van der Waals surface area (Å²) in [6.45, 7) is 1.91. The average molecular weight is 304 g/mol. The lowest BCUT2D eigenvalue weighted by Gasteiger charge is -2.01. The first kappa shape index (κ1) is 16.8. The number of para-hydroxylation sites is 2. The molecule has 0 saturated heterocycles. The lowest BCUT2D eigenvalue weighted by atomic mass is 10.2. The maximum Gasteiger partial charge on any atom is 0.409 e. The van der Waals surface area contributed by atoms with Crippen molar-refractivity contribution < 1.29 is 24.9 Å². The number of phenolic OH excluding ortho intramolecular Hbond substituents is 1. The third-order valence-corrected chi connectivity index (χ3v) is 2.41. The molecule has 22 heavy (non-hydrogen) atoms. The quantitative estimate of drug-likeness (QED) is 0.543. The highest BCUT2D eigenvalue weighted by Gasteiger charge is 2.01. The molecule has 7 nitrogen and oxygen atoms in total. The number of amides is 2. The first-order valence-corrected chi connectivity index (χ1v) is 6.23. The van der Waals surface area contributed by atoms with Gasteiger partial charge in [0.05, 0.1) is 5.69 Å². The lowest BCUT2D eigenvalue weighted by molar-refractivity contribution is 0.208. The third-order valence-electron chi connectivity index (χ3n) is 2.41. The number of anilines is 2. The first-order chi connectivity index (χ1) is 10.4. The fourth-order valence-electron chi connectivity index (χ4n) is 1.54. The fraction of sp³-hybridized carbons (Fsp3) is 0.0667. The van der Waals surface area contributed by atoms with E-state index in [4.69, 9.17) is 15.3 Å². The molecule has 5 N–H and O–H groups in total. The van der Waals surface area contributed by atoms with Crippen molar-refractivity contribution in [2.75, 3.05) is 10.6 Å². The molecule has 2 aromatic rings. The van der Waals surface area contributed by atoms with Crippen LogP contribution in [0.3, 0.4) is 0 Å². The van der Waals surface area contributed by atoms with Gasteiger partial charge in [0.15, 0.2) is 0 Å². The summed E-state index contributed by atoms with van der Waals surface area (Å²) in [5, 5.41) is 30.0. The van der Waals surface area contributed by atoms with Crippen LogP contribution in [-0.4, -0.2) is 27.5 Å². The highest BCUT2D eigenvalue weighted by molar-refractivity contribution is 5.85. The van der Waals surface area contributed by atoms with Gasteiger partial charge in [-0.25, -0.2) is 9.59 Å². The zero-order valence-electron chi connectivity index (χ0n) is 11.8. The van der Waals surface area contributed by atoms with Gasteiger partial charge in [0.25, 0.3) is 0 Å². The second-order valence-electron chi connectivity index (χ2n) is 4.25. The number of benzene rings is 2. The van der Waals surface area contributed by atoms with E-state index in [0.717, 1.165) is 5.56 Å². The van der Waals surface area contributed by atoms with Gasteiger partial charge in [-0.2, -0.15) is 0 Å². The van der Waals surface area contributed by atoms with Crippen LogP contribution in [0, 0.1) is 6.92 Å². The number of hydrogen-bond acceptors (Lipinski definition) is 3. The van der Waals surface area contributed by atoms with Gasteiger partial charge in [-0.15, -0.1) is 0 Å². The Kier molecular flexibility index (Phi) is 6.24. The van der Waals surface area contributed by atoms with Crippen LogP contribution in [0.1, 0.15) is 5.56 Å². The molecule has 0 spiro atoms. The molecular weight excluding hydrogens is 288 g/mol. The van der Waals surface area contributed by atoms with Gasteiger partial charge in [0.2, 0.25) is 0 Å². The summed E-state index contributed by atoms with van der Waals surface area (Å²) in [6.07, 6.45) is -2.22. The van der Waals surface area contributed by atoms with Gasteiger partial charge < -0.3 is 15.3 Å². The summed E-state index contributed by atoms with van der Waals surface area (Å²) in [4.78, 5) is 20.3. The molecule has 0 aliphatic rings. The molecule has 7 heteroatoms. The van der Waals surface area contributed by atoms with Gasteiger partial charge in [-0.1, -0.05) is 24.3 Å². The van der Waals surface area contributed by atoms with Crippen LogP contribution in [0.5, 0.6) is 5.75 Å². The summed E-state index contributed by atoms with van der Waals surface area (Å²) in [5.41, 5.74) is 1.84. The highest BCUT2D eigenvalue weighted by Crippen LogP contribution is 2.20. The van der Waals surface area contributed by atoms with Crippen molar-refractivity contribution in [2.24, 2.45) is 0 Å². The summed E-state index contributed by atoms with van der Waals surface area (Å²) in [6, 6.07) is 13.3. The number of phenols is 1. The number of aryl methyl sites for hydroxylation is 1. The van der Waals surface area contributed by atoms with Gasteiger partial charge >= 0.3 is 12.2 Å². The molecule has 2 aromatic carbocycles.